The Morgan fingerprint density at radius 1 is 0.360 bits per heavy atom. The Labute approximate surface area is 287 Å². The van der Waals surface area contributed by atoms with Gasteiger partial charge in [0.15, 0.2) is 5.82 Å². The van der Waals surface area contributed by atoms with Crippen molar-refractivity contribution in [3.63, 3.8) is 0 Å². The lowest BCUT2D eigenvalue weighted by atomic mass is 10.0. The molecule has 0 N–H and O–H groups in total. The third-order valence-electron chi connectivity index (χ3n) is 10.2. The van der Waals surface area contributed by atoms with Gasteiger partial charge in [-0.3, -0.25) is 4.57 Å². The van der Waals surface area contributed by atoms with E-state index in [1.807, 2.05) is 12.1 Å². The highest BCUT2D eigenvalue weighted by Crippen LogP contribution is 2.41. The van der Waals surface area contributed by atoms with Gasteiger partial charge in [0.05, 0.1) is 33.1 Å². The van der Waals surface area contributed by atoms with Crippen molar-refractivity contribution in [1.82, 2.24) is 19.1 Å². The number of rotatable bonds is 3. The molecule has 11 aromatic rings. The molecule has 0 radical (unpaired) electrons. The molecule has 0 saturated heterocycles. The van der Waals surface area contributed by atoms with E-state index in [-0.39, 0.29) is 0 Å². The van der Waals surface area contributed by atoms with Crippen molar-refractivity contribution in [3.8, 4) is 22.8 Å². The SMILES string of the molecule is c1ccc(-n2c3ccccc3c3ccc(-c4nc5ccccc5nc4-n4c5cc6ccccc6cc5c5c6ccccc6ccc54)cc32)cc1. The van der Waals surface area contributed by atoms with Crippen molar-refractivity contribution in [2.75, 3.05) is 0 Å². The first-order valence-electron chi connectivity index (χ1n) is 17.0. The molecule has 0 amide bonds. The van der Waals surface area contributed by atoms with E-state index in [1.165, 1.54) is 48.6 Å². The first-order valence-corrected chi connectivity index (χ1v) is 17.0. The van der Waals surface area contributed by atoms with Gasteiger partial charge >= 0.3 is 0 Å². The van der Waals surface area contributed by atoms with Crippen LogP contribution in [-0.2, 0) is 0 Å². The minimum Gasteiger partial charge on any atom is -0.309 e. The van der Waals surface area contributed by atoms with E-state index in [4.69, 9.17) is 9.97 Å². The normalized spacial score (nSPS) is 12.0. The maximum atomic E-state index is 5.45. The Bertz CT molecular complexity index is 3150. The van der Waals surface area contributed by atoms with Gasteiger partial charge in [0.25, 0.3) is 0 Å². The van der Waals surface area contributed by atoms with Crippen LogP contribution in [0.2, 0.25) is 0 Å². The molecular weight excluding hydrogens is 609 g/mol. The summed E-state index contributed by atoms with van der Waals surface area (Å²) < 4.78 is 4.70. The predicted molar refractivity (Wildman–Crippen MR) is 209 cm³/mol. The molecule has 8 aromatic carbocycles. The molecule has 3 heterocycles. The van der Waals surface area contributed by atoms with Crippen molar-refractivity contribution in [2.24, 2.45) is 0 Å². The maximum Gasteiger partial charge on any atom is 0.165 e. The molecule has 0 aliphatic rings. The van der Waals surface area contributed by atoms with E-state index in [0.29, 0.717) is 0 Å². The van der Waals surface area contributed by atoms with Crippen molar-refractivity contribution >= 4 is 76.2 Å². The summed E-state index contributed by atoms with van der Waals surface area (Å²) in [6, 6.07) is 60.6. The van der Waals surface area contributed by atoms with E-state index < -0.39 is 0 Å². The predicted octanol–water partition coefficient (Wildman–Crippen LogP) is 11.8. The van der Waals surface area contributed by atoms with Crippen LogP contribution >= 0.6 is 0 Å². The zero-order chi connectivity index (χ0) is 32.8. The van der Waals surface area contributed by atoms with Gasteiger partial charge in [-0.05, 0) is 76.1 Å². The third kappa shape index (κ3) is 3.87. The first-order chi connectivity index (χ1) is 24.8. The van der Waals surface area contributed by atoms with E-state index in [2.05, 4.69) is 167 Å². The van der Waals surface area contributed by atoms with Crippen LogP contribution in [0, 0.1) is 0 Å². The highest BCUT2D eigenvalue weighted by Gasteiger charge is 2.22. The fourth-order valence-corrected chi connectivity index (χ4v) is 8.01. The second-order valence-electron chi connectivity index (χ2n) is 13.0. The van der Waals surface area contributed by atoms with Gasteiger partial charge in [-0.25, -0.2) is 9.97 Å². The molecule has 0 aliphatic heterocycles. The highest BCUT2D eigenvalue weighted by molar-refractivity contribution is 6.23. The fraction of sp³-hybridized carbons (Fsp3) is 0. The van der Waals surface area contributed by atoms with Gasteiger partial charge in [-0.2, -0.15) is 0 Å². The summed E-state index contributed by atoms with van der Waals surface area (Å²) in [5.41, 5.74) is 9.25. The molecular formula is C46H28N4. The number of hydrogen-bond donors (Lipinski definition) is 0. The number of benzene rings is 8. The minimum atomic E-state index is 0.816. The smallest absolute Gasteiger partial charge is 0.165 e. The van der Waals surface area contributed by atoms with Crippen LogP contribution in [0.3, 0.4) is 0 Å². The first kappa shape index (κ1) is 27.2. The van der Waals surface area contributed by atoms with Crippen molar-refractivity contribution in [3.05, 3.63) is 170 Å². The molecule has 4 nitrogen and oxygen atoms in total. The van der Waals surface area contributed by atoms with Crippen molar-refractivity contribution in [1.29, 1.82) is 0 Å². The molecule has 0 saturated carbocycles. The largest absolute Gasteiger partial charge is 0.309 e. The topological polar surface area (TPSA) is 35.6 Å². The van der Waals surface area contributed by atoms with Crippen LogP contribution in [0.25, 0.3) is 99.0 Å². The summed E-state index contributed by atoms with van der Waals surface area (Å²) in [4.78, 5) is 10.9. The lowest BCUT2D eigenvalue weighted by Crippen LogP contribution is -2.04. The zero-order valence-corrected chi connectivity index (χ0v) is 27.0. The van der Waals surface area contributed by atoms with E-state index in [9.17, 15) is 0 Å². The fourth-order valence-electron chi connectivity index (χ4n) is 8.01. The Balaban J connectivity index is 1.28. The Morgan fingerprint density at radius 3 is 1.84 bits per heavy atom. The summed E-state index contributed by atoms with van der Waals surface area (Å²) in [6.07, 6.45) is 0. The lowest BCUT2D eigenvalue weighted by molar-refractivity contribution is 1.08. The van der Waals surface area contributed by atoms with E-state index >= 15 is 0 Å². The van der Waals surface area contributed by atoms with Crippen LogP contribution in [-0.4, -0.2) is 19.1 Å². The van der Waals surface area contributed by atoms with Gasteiger partial charge in [0.1, 0.15) is 5.69 Å². The van der Waals surface area contributed by atoms with Gasteiger partial charge in [-0.1, -0.05) is 115 Å². The summed E-state index contributed by atoms with van der Waals surface area (Å²) in [6.45, 7) is 0. The lowest BCUT2D eigenvalue weighted by Gasteiger charge is -2.15. The zero-order valence-electron chi connectivity index (χ0n) is 27.0. The standard InChI is InChI=1S/C46H28N4/c1-2-15-33(16-3-1)49-40-21-11-8-18-35(40)36-24-22-32(28-42(36)49)45-46(48-39-20-10-9-19-38(39)47-45)50-41-25-23-29-12-6-7-17-34(29)44(41)37-26-30-13-4-5-14-31(30)27-43(37)50/h1-28H. The van der Waals surface area contributed by atoms with Crippen LogP contribution < -0.4 is 0 Å². The Morgan fingerprint density at radius 2 is 1.00 bits per heavy atom. The average Bonchev–Trinajstić information content (AvgIpc) is 3.69. The molecule has 3 aromatic heterocycles. The van der Waals surface area contributed by atoms with Crippen LogP contribution in [0.15, 0.2) is 170 Å². The number of para-hydroxylation sites is 4. The molecule has 0 unspecified atom stereocenters. The molecule has 11 rings (SSSR count). The van der Waals surface area contributed by atoms with Gasteiger partial charge in [0, 0.05) is 32.8 Å². The number of nitrogens with zero attached hydrogens (tertiary/aromatic N) is 4. The molecule has 0 spiro atoms. The molecule has 50 heavy (non-hydrogen) atoms. The summed E-state index contributed by atoms with van der Waals surface area (Å²) in [7, 11) is 0. The van der Waals surface area contributed by atoms with E-state index in [0.717, 1.165) is 50.3 Å². The molecule has 232 valence electrons. The van der Waals surface area contributed by atoms with Gasteiger partial charge < -0.3 is 4.57 Å². The average molecular weight is 637 g/mol. The van der Waals surface area contributed by atoms with Gasteiger partial charge in [0.2, 0.25) is 0 Å². The second kappa shape index (κ2) is 10.4. The van der Waals surface area contributed by atoms with Crippen LogP contribution in [0.5, 0.6) is 0 Å². The summed E-state index contributed by atoms with van der Waals surface area (Å²) in [5.74, 6) is 0.816. The summed E-state index contributed by atoms with van der Waals surface area (Å²) >= 11 is 0. The van der Waals surface area contributed by atoms with Crippen LogP contribution in [0.1, 0.15) is 0 Å². The monoisotopic (exact) mass is 636 g/mol. The summed E-state index contributed by atoms with van der Waals surface area (Å²) in [5, 5.41) is 9.72. The number of aromatic nitrogens is 4. The van der Waals surface area contributed by atoms with Crippen molar-refractivity contribution in [2.45, 2.75) is 0 Å². The molecule has 0 atom stereocenters. The second-order valence-corrected chi connectivity index (χ2v) is 13.0. The Kier molecular flexibility index (Phi) is 5.63. The van der Waals surface area contributed by atoms with E-state index in [1.54, 1.807) is 0 Å². The number of hydrogen-bond acceptors (Lipinski definition) is 2. The maximum absolute atomic E-state index is 5.45. The number of fused-ring (bicyclic) bond motifs is 10. The quantitative estimate of drug-likeness (QED) is 0.193. The Hall–Kier alpha value is -6.78. The van der Waals surface area contributed by atoms with Crippen molar-refractivity contribution < 1.29 is 0 Å². The molecule has 0 bridgehead atoms. The molecule has 0 aliphatic carbocycles. The molecule has 4 heteroatoms. The van der Waals surface area contributed by atoms with Crippen LogP contribution in [0.4, 0.5) is 0 Å². The molecule has 0 fully saturated rings. The third-order valence-corrected chi connectivity index (χ3v) is 10.2. The minimum absolute atomic E-state index is 0.816. The highest BCUT2D eigenvalue weighted by atomic mass is 15.1. The van der Waals surface area contributed by atoms with Gasteiger partial charge in [-0.15, -0.1) is 0 Å².